The summed E-state index contributed by atoms with van der Waals surface area (Å²) >= 11 is 0. The maximum Gasteiger partial charge on any atom is 0.348 e. The number of nitrogens with zero attached hydrogens (tertiary/aromatic N) is 1. The average Bonchev–Trinajstić information content (AvgIpc) is 3.19. The van der Waals surface area contributed by atoms with E-state index in [9.17, 15) is 4.79 Å². The first kappa shape index (κ1) is 17.9. The Kier molecular flexibility index (Phi) is 4.41. The zero-order valence-corrected chi connectivity index (χ0v) is 16.2. The summed E-state index contributed by atoms with van der Waals surface area (Å²) in [5.74, 6) is 1.13. The Morgan fingerprint density at radius 3 is 2.37 bits per heavy atom. The van der Waals surface area contributed by atoms with E-state index in [0.29, 0.717) is 28.0 Å². The van der Waals surface area contributed by atoms with Gasteiger partial charge >= 0.3 is 5.63 Å². The Morgan fingerprint density at radius 1 is 0.867 bits per heavy atom. The van der Waals surface area contributed by atoms with Crippen molar-refractivity contribution in [2.24, 2.45) is 4.99 Å². The minimum Gasteiger partial charge on any atom is -0.497 e. The van der Waals surface area contributed by atoms with E-state index in [4.69, 9.17) is 13.6 Å². The second kappa shape index (κ2) is 7.37. The molecule has 0 saturated heterocycles. The normalized spacial score (nSPS) is 11.5. The molecule has 0 N–H and O–H groups in total. The van der Waals surface area contributed by atoms with Gasteiger partial charge in [-0.2, -0.15) is 0 Å². The van der Waals surface area contributed by atoms with Gasteiger partial charge in [-0.15, -0.1) is 0 Å². The molecule has 5 heteroatoms. The molecule has 5 nitrogen and oxygen atoms in total. The molecule has 2 heterocycles. The average molecular weight is 395 g/mol. The van der Waals surface area contributed by atoms with Gasteiger partial charge in [0.2, 0.25) is 5.88 Å². The van der Waals surface area contributed by atoms with Crippen LogP contribution in [0.25, 0.3) is 33.1 Å². The number of furan rings is 1. The van der Waals surface area contributed by atoms with Crippen molar-refractivity contribution in [1.29, 1.82) is 0 Å². The summed E-state index contributed by atoms with van der Waals surface area (Å²) in [4.78, 5) is 17.4. The van der Waals surface area contributed by atoms with Gasteiger partial charge in [0.1, 0.15) is 16.7 Å². The standard InChI is InChI=1S/C25H17NO4/c1-28-18-13-11-16(12-14-18)15-26-24-21(17-7-3-2-4-8-17)22-23(30-24)19-9-5-6-10-20(19)29-25(22)27/h2-15H,1H3/b26-15+. The van der Waals surface area contributed by atoms with Crippen molar-refractivity contribution in [1.82, 2.24) is 0 Å². The summed E-state index contributed by atoms with van der Waals surface area (Å²) in [6, 6.07) is 24.4. The van der Waals surface area contributed by atoms with E-state index in [1.165, 1.54) is 0 Å². The summed E-state index contributed by atoms with van der Waals surface area (Å²) < 4.78 is 16.9. The molecule has 146 valence electrons. The smallest absolute Gasteiger partial charge is 0.348 e. The fourth-order valence-corrected chi connectivity index (χ4v) is 3.48. The molecule has 2 aromatic heterocycles. The number of aliphatic imine (C=N–C) groups is 1. The number of ether oxygens (including phenoxy) is 1. The first-order chi connectivity index (χ1) is 14.7. The molecular formula is C25H17NO4. The number of hydrogen-bond acceptors (Lipinski definition) is 5. The highest BCUT2D eigenvalue weighted by Gasteiger charge is 2.21. The number of para-hydroxylation sites is 1. The SMILES string of the molecule is COc1ccc(/C=N/c2oc3c(c2-c2ccccc2)c(=O)oc2ccccc23)cc1. The molecule has 5 rings (SSSR count). The lowest BCUT2D eigenvalue weighted by atomic mass is 10.0. The van der Waals surface area contributed by atoms with Crippen molar-refractivity contribution in [3.63, 3.8) is 0 Å². The van der Waals surface area contributed by atoms with Crippen LogP contribution in [0.15, 0.2) is 97.5 Å². The minimum atomic E-state index is -0.447. The van der Waals surface area contributed by atoms with Crippen LogP contribution in [0, 0.1) is 0 Å². The summed E-state index contributed by atoms with van der Waals surface area (Å²) in [6.07, 6.45) is 1.70. The molecular weight excluding hydrogens is 378 g/mol. The van der Waals surface area contributed by atoms with E-state index >= 15 is 0 Å². The molecule has 0 saturated carbocycles. The number of methoxy groups -OCH3 is 1. The van der Waals surface area contributed by atoms with Crippen LogP contribution in [0.4, 0.5) is 5.88 Å². The van der Waals surface area contributed by atoms with E-state index < -0.39 is 5.63 Å². The van der Waals surface area contributed by atoms with E-state index in [1.54, 1.807) is 19.4 Å². The molecule has 0 bridgehead atoms. The third kappa shape index (κ3) is 3.06. The predicted octanol–water partition coefficient (Wildman–Crippen LogP) is 5.97. The van der Waals surface area contributed by atoms with Gasteiger partial charge in [0.25, 0.3) is 0 Å². The molecule has 0 unspecified atom stereocenters. The van der Waals surface area contributed by atoms with Gasteiger partial charge in [-0.25, -0.2) is 9.79 Å². The zero-order chi connectivity index (χ0) is 20.5. The zero-order valence-electron chi connectivity index (χ0n) is 16.2. The highest BCUT2D eigenvalue weighted by Crippen LogP contribution is 2.41. The van der Waals surface area contributed by atoms with Gasteiger partial charge in [-0.05, 0) is 47.5 Å². The van der Waals surface area contributed by atoms with Gasteiger partial charge in [0.05, 0.1) is 18.1 Å². The minimum absolute atomic E-state index is 0.357. The largest absolute Gasteiger partial charge is 0.497 e. The summed E-state index contributed by atoms with van der Waals surface area (Å²) in [5, 5.41) is 1.12. The Labute approximate surface area is 171 Å². The van der Waals surface area contributed by atoms with E-state index in [-0.39, 0.29) is 0 Å². The maximum atomic E-state index is 12.9. The molecule has 0 aliphatic carbocycles. The van der Waals surface area contributed by atoms with Gasteiger partial charge in [-0.1, -0.05) is 42.5 Å². The number of benzene rings is 3. The Morgan fingerprint density at radius 2 is 1.60 bits per heavy atom. The van der Waals surface area contributed by atoms with Crippen molar-refractivity contribution in [3.8, 4) is 16.9 Å². The Hall–Kier alpha value is -4.12. The molecule has 0 atom stereocenters. The summed E-state index contributed by atoms with van der Waals surface area (Å²) in [5.41, 5.74) is 2.84. The first-order valence-electron chi connectivity index (χ1n) is 9.46. The van der Waals surface area contributed by atoms with Gasteiger partial charge < -0.3 is 13.6 Å². The highest BCUT2D eigenvalue weighted by atomic mass is 16.5. The fraction of sp³-hybridized carbons (Fsp3) is 0.0400. The van der Waals surface area contributed by atoms with Crippen molar-refractivity contribution in [3.05, 3.63) is 94.8 Å². The van der Waals surface area contributed by atoms with Crippen LogP contribution in [-0.2, 0) is 0 Å². The van der Waals surface area contributed by atoms with Crippen molar-refractivity contribution in [2.45, 2.75) is 0 Å². The molecule has 0 amide bonds. The monoisotopic (exact) mass is 395 g/mol. The summed E-state index contributed by atoms with van der Waals surface area (Å²) in [6.45, 7) is 0. The lowest BCUT2D eigenvalue weighted by Gasteiger charge is -2.00. The quantitative estimate of drug-likeness (QED) is 0.278. The van der Waals surface area contributed by atoms with Crippen LogP contribution >= 0.6 is 0 Å². The third-order valence-corrected chi connectivity index (χ3v) is 4.94. The number of hydrogen-bond donors (Lipinski definition) is 0. The second-order valence-electron chi connectivity index (χ2n) is 6.77. The molecule has 0 fully saturated rings. The molecule has 5 aromatic rings. The lowest BCUT2D eigenvalue weighted by Crippen LogP contribution is -1.99. The van der Waals surface area contributed by atoms with Crippen LogP contribution in [0.1, 0.15) is 5.56 Å². The summed E-state index contributed by atoms with van der Waals surface area (Å²) in [7, 11) is 1.62. The Bertz CT molecular complexity index is 1430. The van der Waals surface area contributed by atoms with E-state index in [2.05, 4.69) is 4.99 Å². The Balaban J connectivity index is 1.75. The molecule has 0 radical (unpaired) electrons. The molecule has 0 aliphatic rings. The van der Waals surface area contributed by atoms with Gasteiger partial charge in [0, 0.05) is 6.21 Å². The molecule has 0 aliphatic heterocycles. The predicted molar refractivity (Wildman–Crippen MR) is 118 cm³/mol. The first-order valence-corrected chi connectivity index (χ1v) is 9.46. The highest BCUT2D eigenvalue weighted by molar-refractivity contribution is 6.09. The number of fused-ring (bicyclic) bond motifs is 3. The third-order valence-electron chi connectivity index (χ3n) is 4.94. The van der Waals surface area contributed by atoms with Crippen molar-refractivity contribution < 1.29 is 13.6 Å². The van der Waals surface area contributed by atoms with Crippen LogP contribution in [-0.4, -0.2) is 13.3 Å². The van der Waals surface area contributed by atoms with E-state index in [0.717, 1.165) is 22.3 Å². The van der Waals surface area contributed by atoms with E-state index in [1.807, 2.05) is 72.8 Å². The van der Waals surface area contributed by atoms with Crippen LogP contribution in [0.5, 0.6) is 5.75 Å². The van der Waals surface area contributed by atoms with Crippen molar-refractivity contribution in [2.75, 3.05) is 7.11 Å². The lowest BCUT2D eigenvalue weighted by molar-refractivity contribution is 0.415. The van der Waals surface area contributed by atoms with Gasteiger partial charge in [-0.3, -0.25) is 0 Å². The van der Waals surface area contributed by atoms with Crippen LogP contribution in [0.2, 0.25) is 0 Å². The molecule has 3 aromatic carbocycles. The maximum absolute atomic E-state index is 12.9. The number of rotatable bonds is 4. The van der Waals surface area contributed by atoms with Crippen LogP contribution in [0.3, 0.4) is 0 Å². The van der Waals surface area contributed by atoms with Crippen LogP contribution < -0.4 is 10.4 Å². The topological polar surface area (TPSA) is 64.9 Å². The molecule has 0 spiro atoms. The van der Waals surface area contributed by atoms with Gasteiger partial charge in [0.15, 0.2) is 5.58 Å². The second-order valence-corrected chi connectivity index (χ2v) is 6.77. The fourth-order valence-electron chi connectivity index (χ4n) is 3.48. The molecule has 30 heavy (non-hydrogen) atoms. The van der Waals surface area contributed by atoms with Crippen molar-refractivity contribution >= 4 is 34.0 Å².